The molecule has 0 bridgehead atoms. The van der Waals surface area contributed by atoms with Crippen LogP contribution in [0.4, 0.5) is 0 Å². The molecule has 0 spiro atoms. The van der Waals surface area contributed by atoms with E-state index in [1.165, 1.54) is 0 Å². The number of aryl methyl sites for hydroxylation is 2. The van der Waals surface area contributed by atoms with E-state index in [0.717, 1.165) is 24.5 Å². The van der Waals surface area contributed by atoms with Gasteiger partial charge in [0.05, 0.1) is 6.04 Å². The average molecular weight is 210 g/mol. The Labute approximate surface area is 91.9 Å². The highest BCUT2D eigenvalue weighted by Crippen LogP contribution is 2.28. The van der Waals surface area contributed by atoms with Crippen molar-refractivity contribution in [2.75, 3.05) is 0 Å². The lowest BCUT2D eigenvalue weighted by molar-refractivity contribution is 0.308. The number of aromatic nitrogens is 3. The molecule has 1 atom stereocenters. The number of nitrogens with two attached hydrogens (primary N) is 1. The normalized spacial score (nSPS) is 14.3. The maximum absolute atomic E-state index is 6.16. The number of rotatable bonds is 3. The van der Waals surface area contributed by atoms with Crippen LogP contribution in [-0.4, -0.2) is 14.8 Å². The second-order valence-corrected chi connectivity index (χ2v) is 5.10. The third kappa shape index (κ3) is 2.78. The minimum absolute atomic E-state index is 0.0181. The van der Waals surface area contributed by atoms with Gasteiger partial charge in [0.15, 0.2) is 5.82 Å². The lowest BCUT2D eigenvalue weighted by Gasteiger charge is -2.25. The van der Waals surface area contributed by atoms with Crippen molar-refractivity contribution in [3.05, 3.63) is 11.6 Å². The predicted octanol–water partition coefficient (Wildman–Crippen LogP) is 1.81. The zero-order valence-electron chi connectivity index (χ0n) is 10.4. The van der Waals surface area contributed by atoms with Crippen LogP contribution in [0.25, 0.3) is 0 Å². The summed E-state index contributed by atoms with van der Waals surface area (Å²) in [5.41, 5.74) is 6.18. The molecule has 0 aromatic carbocycles. The van der Waals surface area contributed by atoms with Gasteiger partial charge >= 0.3 is 0 Å². The fourth-order valence-corrected chi connectivity index (χ4v) is 1.44. The van der Waals surface area contributed by atoms with Crippen molar-refractivity contribution >= 4 is 0 Å². The van der Waals surface area contributed by atoms with Crippen LogP contribution in [0, 0.1) is 5.41 Å². The first-order valence-electron chi connectivity index (χ1n) is 5.51. The molecule has 0 aliphatic carbocycles. The van der Waals surface area contributed by atoms with Gasteiger partial charge in [-0.25, -0.2) is 4.98 Å². The Hall–Kier alpha value is -0.900. The fourth-order valence-electron chi connectivity index (χ4n) is 1.44. The quantitative estimate of drug-likeness (QED) is 0.827. The van der Waals surface area contributed by atoms with Gasteiger partial charge in [-0.3, -0.25) is 4.68 Å². The molecule has 0 saturated carbocycles. The minimum atomic E-state index is -0.0689. The highest BCUT2D eigenvalue weighted by molar-refractivity contribution is 5.02. The van der Waals surface area contributed by atoms with Gasteiger partial charge in [0.1, 0.15) is 5.82 Å². The first-order chi connectivity index (χ1) is 6.86. The van der Waals surface area contributed by atoms with Gasteiger partial charge in [-0.2, -0.15) is 5.10 Å². The lowest BCUT2D eigenvalue weighted by atomic mass is 9.87. The molecule has 4 nitrogen and oxygen atoms in total. The molecule has 0 radical (unpaired) electrons. The smallest absolute Gasteiger partial charge is 0.151 e. The van der Waals surface area contributed by atoms with E-state index in [9.17, 15) is 0 Å². The Morgan fingerprint density at radius 2 is 2.00 bits per heavy atom. The molecule has 0 fully saturated rings. The molecule has 0 saturated heterocycles. The van der Waals surface area contributed by atoms with Crippen molar-refractivity contribution in [3.63, 3.8) is 0 Å². The second-order valence-electron chi connectivity index (χ2n) is 5.10. The molecule has 1 aromatic heterocycles. The summed E-state index contributed by atoms with van der Waals surface area (Å²) in [7, 11) is 1.91. The van der Waals surface area contributed by atoms with E-state index in [-0.39, 0.29) is 11.5 Å². The molecule has 86 valence electrons. The van der Waals surface area contributed by atoms with Crippen LogP contribution in [0.3, 0.4) is 0 Å². The molecule has 4 heteroatoms. The third-order valence-electron chi connectivity index (χ3n) is 2.53. The first kappa shape index (κ1) is 12.2. The van der Waals surface area contributed by atoms with Crippen molar-refractivity contribution in [1.82, 2.24) is 14.8 Å². The fraction of sp³-hybridized carbons (Fsp3) is 0.818. The number of hydrogen-bond donors (Lipinski definition) is 1. The van der Waals surface area contributed by atoms with E-state index >= 15 is 0 Å². The molecule has 1 unspecified atom stereocenters. The molecular weight excluding hydrogens is 188 g/mol. The average Bonchev–Trinajstić information content (AvgIpc) is 2.44. The molecule has 2 N–H and O–H groups in total. The van der Waals surface area contributed by atoms with Gasteiger partial charge in [-0.05, 0) is 11.8 Å². The standard InChI is InChI=1S/C11H22N4/c1-6-7-8-13-10(15(5)14-8)9(12)11(2,3)4/h9H,6-7,12H2,1-5H3. The SMILES string of the molecule is CCCc1nc(C(N)C(C)(C)C)n(C)n1. The highest BCUT2D eigenvalue weighted by atomic mass is 15.3. The van der Waals surface area contributed by atoms with Gasteiger partial charge in [0.2, 0.25) is 0 Å². The van der Waals surface area contributed by atoms with Crippen LogP contribution < -0.4 is 5.73 Å². The summed E-state index contributed by atoms with van der Waals surface area (Å²) in [5, 5.41) is 4.36. The lowest BCUT2D eigenvalue weighted by Crippen LogP contribution is -2.29. The molecule has 1 aromatic rings. The summed E-state index contributed by atoms with van der Waals surface area (Å²) in [6.45, 7) is 8.48. The van der Waals surface area contributed by atoms with E-state index < -0.39 is 0 Å². The van der Waals surface area contributed by atoms with E-state index in [1.807, 2.05) is 7.05 Å². The van der Waals surface area contributed by atoms with Crippen molar-refractivity contribution < 1.29 is 0 Å². The molecule has 0 aliphatic heterocycles. The molecule has 0 amide bonds. The third-order valence-corrected chi connectivity index (χ3v) is 2.53. The predicted molar refractivity (Wildman–Crippen MR) is 61.4 cm³/mol. The monoisotopic (exact) mass is 210 g/mol. The van der Waals surface area contributed by atoms with E-state index in [1.54, 1.807) is 4.68 Å². The topological polar surface area (TPSA) is 56.7 Å². The molecule has 0 aliphatic rings. The number of nitrogens with zero attached hydrogens (tertiary/aromatic N) is 3. The molecule has 1 rings (SSSR count). The maximum Gasteiger partial charge on any atom is 0.151 e. The minimum Gasteiger partial charge on any atom is -0.321 e. The van der Waals surface area contributed by atoms with Crippen molar-refractivity contribution in [2.45, 2.75) is 46.6 Å². The summed E-state index contributed by atoms with van der Waals surface area (Å²) in [6.07, 6.45) is 1.99. The Balaban J connectivity index is 2.94. The largest absolute Gasteiger partial charge is 0.321 e. The summed E-state index contributed by atoms with van der Waals surface area (Å²) < 4.78 is 1.81. The zero-order valence-corrected chi connectivity index (χ0v) is 10.4. The van der Waals surface area contributed by atoms with Crippen LogP contribution in [0.15, 0.2) is 0 Å². The van der Waals surface area contributed by atoms with E-state index in [0.29, 0.717) is 0 Å². The Kier molecular flexibility index (Phi) is 3.50. The van der Waals surface area contributed by atoms with Gasteiger partial charge < -0.3 is 5.73 Å². The van der Waals surface area contributed by atoms with E-state index in [4.69, 9.17) is 5.73 Å². The first-order valence-corrected chi connectivity index (χ1v) is 5.51. The van der Waals surface area contributed by atoms with Crippen molar-refractivity contribution in [3.8, 4) is 0 Å². The van der Waals surface area contributed by atoms with Crippen molar-refractivity contribution in [2.24, 2.45) is 18.2 Å². The molecule has 1 heterocycles. The van der Waals surface area contributed by atoms with E-state index in [2.05, 4.69) is 37.8 Å². The van der Waals surface area contributed by atoms with Gasteiger partial charge in [-0.1, -0.05) is 27.7 Å². The van der Waals surface area contributed by atoms with Crippen LogP contribution in [-0.2, 0) is 13.5 Å². The highest BCUT2D eigenvalue weighted by Gasteiger charge is 2.26. The summed E-state index contributed by atoms with van der Waals surface area (Å²) in [6, 6.07) is -0.0689. The van der Waals surface area contributed by atoms with Crippen LogP contribution in [0.2, 0.25) is 0 Å². The van der Waals surface area contributed by atoms with Crippen LogP contribution >= 0.6 is 0 Å². The van der Waals surface area contributed by atoms with Crippen LogP contribution in [0.5, 0.6) is 0 Å². The Bertz CT molecular complexity index is 322. The zero-order chi connectivity index (χ0) is 11.6. The number of hydrogen-bond acceptors (Lipinski definition) is 3. The summed E-state index contributed by atoms with van der Waals surface area (Å²) in [4.78, 5) is 4.49. The Morgan fingerprint density at radius 1 is 1.40 bits per heavy atom. The van der Waals surface area contributed by atoms with Gasteiger partial charge in [0, 0.05) is 13.5 Å². The summed E-state index contributed by atoms with van der Waals surface area (Å²) in [5.74, 6) is 1.78. The molecular formula is C11H22N4. The molecule has 15 heavy (non-hydrogen) atoms. The van der Waals surface area contributed by atoms with Crippen LogP contribution in [0.1, 0.15) is 51.8 Å². The maximum atomic E-state index is 6.16. The van der Waals surface area contributed by atoms with Crippen molar-refractivity contribution in [1.29, 1.82) is 0 Å². The van der Waals surface area contributed by atoms with Gasteiger partial charge in [0.25, 0.3) is 0 Å². The van der Waals surface area contributed by atoms with Gasteiger partial charge in [-0.15, -0.1) is 0 Å². The summed E-state index contributed by atoms with van der Waals surface area (Å²) >= 11 is 0. The second kappa shape index (κ2) is 4.31. The Morgan fingerprint density at radius 3 is 2.47 bits per heavy atom.